The Labute approximate surface area is 328 Å². The molecule has 2 nitrogen and oxygen atoms in total. The van der Waals surface area contributed by atoms with E-state index in [4.69, 9.17) is 9.97 Å². The Morgan fingerprint density at radius 1 is 0.411 bits per heavy atom. The van der Waals surface area contributed by atoms with E-state index in [-0.39, 0.29) is 5.41 Å². The molecule has 2 aromatic heterocycles. The van der Waals surface area contributed by atoms with E-state index < -0.39 is 0 Å². The molecule has 0 bridgehead atoms. The van der Waals surface area contributed by atoms with Gasteiger partial charge in [-0.3, -0.25) is 0 Å². The quantitative estimate of drug-likeness (QED) is 0.170. The highest BCUT2D eigenvalue weighted by Gasteiger charge is 2.38. The summed E-state index contributed by atoms with van der Waals surface area (Å²) in [6.45, 7) is 9.83. The maximum atomic E-state index is 5.49. The van der Waals surface area contributed by atoms with Gasteiger partial charge >= 0.3 is 0 Å². The van der Waals surface area contributed by atoms with Crippen molar-refractivity contribution in [3.05, 3.63) is 194 Å². The molecule has 0 saturated heterocycles. The number of pyridine rings is 2. The lowest BCUT2D eigenvalue weighted by atomic mass is 9.82. The Bertz CT molecular complexity index is 2900. The lowest BCUT2D eigenvalue weighted by Crippen LogP contribution is -2.15. The van der Waals surface area contributed by atoms with Gasteiger partial charge in [-0.15, -0.1) is 6.58 Å². The van der Waals surface area contributed by atoms with E-state index in [2.05, 4.69) is 184 Å². The number of hydrogen-bond acceptors (Lipinski definition) is 2. The summed E-state index contributed by atoms with van der Waals surface area (Å²) in [5.74, 6) is 0. The summed E-state index contributed by atoms with van der Waals surface area (Å²) in [7, 11) is 0. The monoisotopic (exact) mass is 716 g/mol. The topological polar surface area (TPSA) is 25.8 Å². The molecule has 0 atom stereocenters. The molecular weight excluding hydrogens is 677 g/mol. The summed E-state index contributed by atoms with van der Waals surface area (Å²) in [5.41, 5.74) is 18.6. The Balaban J connectivity index is 0.00000124. The summed E-state index contributed by atoms with van der Waals surface area (Å²) in [6.07, 6.45) is 1.75. The molecule has 0 aliphatic heterocycles. The van der Waals surface area contributed by atoms with Crippen LogP contribution in [0.25, 0.3) is 100.0 Å². The normalized spacial score (nSPS) is 12.8. The van der Waals surface area contributed by atoms with E-state index in [0.29, 0.717) is 0 Å². The van der Waals surface area contributed by atoms with Gasteiger partial charge in [-0.1, -0.05) is 178 Å². The van der Waals surface area contributed by atoms with Crippen LogP contribution in [0, 0.1) is 0 Å². The second-order valence-corrected chi connectivity index (χ2v) is 15.3. The lowest BCUT2D eigenvalue weighted by Gasteiger charge is -2.21. The van der Waals surface area contributed by atoms with Crippen LogP contribution in [0.5, 0.6) is 0 Å². The SMILES string of the molecule is C=CC.CC1(C)c2ccc(-c3ccccc3)nc2-c2nc(-c3ccc4c5c(cccc35)-c3c-4c(-c4ccccc4)c4ccccc4c3-c3ccccc3)ccc21. The van der Waals surface area contributed by atoms with E-state index in [1.807, 2.05) is 13.0 Å². The third kappa shape index (κ3) is 5.03. The zero-order valence-electron chi connectivity index (χ0n) is 31.8. The van der Waals surface area contributed by atoms with Crippen LogP contribution in [0.2, 0.25) is 0 Å². The van der Waals surface area contributed by atoms with Gasteiger partial charge in [0.05, 0.1) is 22.8 Å². The molecule has 0 saturated carbocycles. The van der Waals surface area contributed by atoms with E-state index in [9.17, 15) is 0 Å². The summed E-state index contributed by atoms with van der Waals surface area (Å²) in [4.78, 5) is 10.8. The molecule has 0 fully saturated rings. The molecule has 56 heavy (non-hydrogen) atoms. The van der Waals surface area contributed by atoms with Crippen molar-refractivity contribution in [1.82, 2.24) is 9.97 Å². The molecule has 266 valence electrons. The van der Waals surface area contributed by atoms with Crippen molar-refractivity contribution in [2.24, 2.45) is 0 Å². The second-order valence-electron chi connectivity index (χ2n) is 15.3. The molecule has 2 heterocycles. The zero-order valence-corrected chi connectivity index (χ0v) is 31.8. The number of aromatic nitrogens is 2. The molecule has 0 radical (unpaired) electrons. The first-order valence-electron chi connectivity index (χ1n) is 19.4. The molecule has 7 aromatic carbocycles. The lowest BCUT2D eigenvalue weighted by molar-refractivity contribution is 0.658. The van der Waals surface area contributed by atoms with E-state index >= 15 is 0 Å². The zero-order chi connectivity index (χ0) is 38.0. The van der Waals surface area contributed by atoms with E-state index in [1.165, 1.54) is 77.2 Å². The molecule has 9 aromatic rings. The number of rotatable bonds is 4. The third-order valence-electron chi connectivity index (χ3n) is 11.6. The molecule has 0 amide bonds. The molecule has 2 aliphatic rings. The van der Waals surface area contributed by atoms with Crippen molar-refractivity contribution < 1.29 is 0 Å². The van der Waals surface area contributed by atoms with Gasteiger partial charge in [0.1, 0.15) is 0 Å². The molecule has 2 aliphatic carbocycles. The van der Waals surface area contributed by atoms with Gasteiger partial charge in [0.15, 0.2) is 0 Å². The minimum atomic E-state index is -0.189. The Hall–Kier alpha value is -6.90. The Kier molecular flexibility index (Phi) is 7.90. The summed E-state index contributed by atoms with van der Waals surface area (Å²) >= 11 is 0. The van der Waals surface area contributed by atoms with E-state index in [0.717, 1.165) is 33.9 Å². The average molecular weight is 717 g/mol. The van der Waals surface area contributed by atoms with Crippen molar-refractivity contribution in [2.45, 2.75) is 26.2 Å². The standard InChI is InChI=1S/C51H34N2.C3H6/c1-51(2)40-27-29-42(31-15-6-3-7-16-31)52-49(40)50-41(51)28-30-43(53-50)34-25-26-39-46-35(34)23-14-24-38(46)47-44(32-17-8-4-9-18-32)36-21-12-13-22-37(36)45(48(39)47)33-19-10-5-11-20-33;1-3-2/h3-30H,1-2H3;3H,1H2,2H3. The van der Waals surface area contributed by atoms with Crippen molar-refractivity contribution >= 4 is 21.5 Å². The van der Waals surface area contributed by atoms with Crippen LogP contribution < -0.4 is 0 Å². The van der Waals surface area contributed by atoms with Gasteiger partial charge in [-0.25, -0.2) is 9.97 Å². The first-order valence-corrected chi connectivity index (χ1v) is 19.4. The van der Waals surface area contributed by atoms with Gasteiger partial charge in [-0.2, -0.15) is 0 Å². The highest BCUT2D eigenvalue weighted by atomic mass is 14.8. The largest absolute Gasteiger partial charge is 0.246 e. The maximum absolute atomic E-state index is 5.49. The Morgan fingerprint density at radius 2 is 0.839 bits per heavy atom. The number of fused-ring (bicyclic) bond motifs is 7. The van der Waals surface area contributed by atoms with Crippen molar-refractivity contribution in [2.75, 3.05) is 0 Å². The first-order chi connectivity index (χ1) is 27.5. The minimum Gasteiger partial charge on any atom is -0.246 e. The smallest absolute Gasteiger partial charge is 0.0937 e. The molecule has 0 unspecified atom stereocenters. The molecule has 2 heteroatoms. The van der Waals surface area contributed by atoms with Crippen molar-refractivity contribution in [3.63, 3.8) is 0 Å². The Morgan fingerprint density at radius 3 is 1.39 bits per heavy atom. The first kappa shape index (κ1) is 33.7. The molecule has 0 N–H and O–H groups in total. The van der Waals surface area contributed by atoms with Crippen molar-refractivity contribution in [1.29, 1.82) is 0 Å². The van der Waals surface area contributed by atoms with Gasteiger partial charge in [-0.05, 0) is 96.2 Å². The van der Waals surface area contributed by atoms with Gasteiger partial charge in [0.2, 0.25) is 0 Å². The van der Waals surface area contributed by atoms with Crippen molar-refractivity contribution in [3.8, 4) is 78.4 Å². The minimum absolute atomic E-state index is 0.189. The maximum Gasteiger partial charge on any atom is 0.0937 e. The fourth-order valence-electron chi connectivity index (χ4n) is 9.19. The number of benzene rings is 7. The number of allylic oxidation sites excluding steroid dienone is 1. The molecule has 11 rings (SSSR count). The van der Waals surface area contributed by atoms with Crippen LogP contribution >= 0.6 is 0 Å². The van der Waals surface area contributed by atoms with Crippen LogP contribution in [0.15, 0.2) is 183 Å². The molecular formula is C54H40N2. The van der Waals surface area contributed by atoms with Crippen LogP contribution in [-0.4, -0.2) is 9.97 Å². The highest BCUT2D eigenvalue weighted by molar-refractivity contribution is 6.28. The van der Waals surface area contributed by atoms with E-state index in [1.54, 1.807) is 6.08 Å². The predicted molar refractivity (Wildman–Crippen MR) is 237 cm³/mol. The fourth-order valence-corrected chi connectivity index (χ4v) is 9.19. The third-order valence-corrected chi connectivity index (χ3v) is 11.6. The summed E-state index contributed by atoms with van der Waals surface area (Å²) in [5, 5.41) is 5.04. The highest BCUT2D eigenvalue weighted by Crippen LogP contribution is 2.58. The van der Waals surface area contributed by atoms with Gasteiger partial charge in [0, 0.05) is 16.5 Å². The van der Waals surface area contributed by atoms with Gasteiger partial charge in [0.25, 0.3) is 0 Å². The van der Waals surface area contributed by atoms with Crippen LogP contribution in [0.1, 0.15) is 31.9 Å². The molecule has 0 spiro atoms. The fraction of sp³-hybridized carbons (Fsp3) is 0.0741. The number of nitrogens with zero attached hydrogens (tertiary/aromatic N) is 2. The van der Waals surface area contributed by atoms with Gasteiger partial charge < -0.3 is 0 Å². The second kappa shape index (κ2) is 13.1. The number of hydrogen-bond donors (Lipinski definition) is 0. The van der Waals surface area contributed by atoms with Crippen LogP contribution in [0.4, 0.5) is 0 Å². The predicted octanol–water partition coefficient (Wildman–Crippen LogP) is 14.6. The average Bonchev–Trinajstić information content (AvgIpc) is 3.69. The summed E-state index contributed by atoms with van der Waals surface area (Å²) < 4.78 is 0. The van der Waals surface area contributed by atoms with Crippen LogP contribution in [0.3, 0.4) is 0 Å². The van der Waals surface area contributed by atoms with Crippen LogP contribution in [-0.2, 0) is 5.41 Å². The summed E-state index contributed by atoms with van der Waals surface area (Å²) in [6, 6.07) is 61.6.